The van der Waals surface area contributed by atoms with Gasteiger partial charge in [0, 0.05) is 18.7 Å². The van der Waals surface area contributed by atoms with Crippen LogP contribution in [-0.2, 0) is 11.3 Å². The van der Waals surface area contributed by atoms with E-state index in [-0.39, 0.29) is 11.9 Å². The molecule has 0 aromatic heterocycles. The Balaban J connectivity index is 2.54. The van der Waals surface area contributed by atoms with Crippen LogP contribution in [0, 0.1) is 12.8 Å². The summed E-state index contributed by atoms with van der Waals surface area (Å²) in [4.78, 5) is 11.9. The van der Waals surface area contributed by atoms with Crippen LogP contribution in [0.5, 0.6) is 5.75 Å². The molecule has 0 fully saturated rings. The molecule has 0 radical (unpaired) electrons. The molecule has 0 heterocycles. The van der Waals surface area contributed by atoms with Gasteiger partial charge in [-0.1, -0.05) is 31.5 Å². The molecule has 4 nitrogen and oxygen atoms in total. The van der Waals surface area contributed by atoms with Crippen LogP contribution in [-0.4, -0.2) is 25.6 Å². The van der Waals surface area contributed by atoms with E-state index < -0.39 is 0 Å². The zero-order valence-electron chi connectivity index (χ0n) is 13.1. The third kappa shape index (κ3) is 5.21. The van der Waals surface area contributed by atoms with Crippen molar-refractivity contribution in [1.29, 1.82) is 0 Å². The monoisotopic (exact) mass is 278 g/mol. The molecule has 0 saturated heterocycles. The van der Waals surface area contributed by atoms with Gasteiger partial charge in [-0.25, -0.2) is 0 Å². The molecular weight excluding hydrogens is 252 g/mol. The molecule has 4 heteroatoms. The minimum atomic E-state index is -0.223. The maximum absolute atomic E-state index is 11.9. The molecule has 1 aromatic carbocycles. The van der Waals surface area contributed by atoms with E-state index in [1.54, 1.807) is 7.11 Å². The molecule has 0 bridgehead atoms. The Morgan fingerprint density at radius 1 is 1.30 bits per heavy atom. The predicted molar refractivity (Wildman–Crippen MR) is 81.9 cm³/mol. The van der Waals surface area contributed by atoms with Gasteiger partial charge in [0.05, 0.1) is 13.2 Å². The normalized spacial score (nSPS) is 12.3. The van der Waals surface area contributed by atoms with Crippen molar-refractivity contribution in [2.75, 3.05) is 13.7 Å². The second-order valence-electron chi connectivity index (χ2n) is 5.56. The third-order valence-corrected chi connectivity index (χ3v) is 3.11. The summed E-state index contributed by atoms with van der Waals surface area (Å²) >= 11 is 0. The first-order chi connectivity index (χ1) is 9.43. The van der Waals surface area contributed by atoms with Crippen molar-refractivity contribution in [3.05, 3.63) is 29.3 Å². The van der Waals surface area contributed by atoms with Crippen molar-refractivity contribution in [2.45, 2.75) is 40.3 Å². The van der Waals surface area contributed by atoms with Crippen LogP contribution in [0.15, 0.2) is 18.2 Å². The maximum Gasteiger partial charge on any atom is 0.236 e. The van der Waals surface area contributed by atoms with Crippen LogP contribution >= 0.6 is 0 Å². The molecule has 0 spiro atoms. The van der Waals surface area contributed by atoms with Gasteiger partial charge < -0.3 is 15.4 Å². The van der Waals surface area contributed by atoms with Crippen molar-refractivity contribution in [3.63, 3.8) is 0 Å². The van der Waals surface area contributed by atoms with Crippen LogP contribution in [0.25, 0.3) is 0 Å². The standard InChI is InChI=1S/C16H26N2O2/c1-11(2)9-18-16(19)13(4)17-10-14-8-12(3)6-7-15(14)20-5/h6-8,11,13,17H,9-10H2,1-5H3,(H,18,19). The van der Waals surface area contributed by atoms with Gasteiger partial charge in [0.1, 0.15) is 5.75 Å². The SMILES string of the molecule is COc1ccc(C)cc1CNC(C)C(=O)NCC(C)C. The lowest BCUT2D eigenvalue weighted by Gasteiger charge is -2.16. The Bertz CT molecular complexity index is 444. The smallest absolute Gasteiger partial charge is 0.236 e. The predicted octanol–water partition coefficient (Wildman–Crippen LogP) is 2.25. The Morgan fingerprint density at radius 3 is 2.60 bits per heavy atom. The van der Waals surface area contributed by atoms with Crippen molar-refractivity contribution >= 4 is 5.91 Å². The third-order valence-electron chi connectivity index (χ3n) is 3.11. The van der Waals surface area contributed by atoms with Crippen molar-refractivity contribution in [2.24, 2.45) is 5.92 Å². The highest BCUT2D eigenvalue weighted by atomic mass is 16.5. The van der Waals surface area contributed by atoms with Gasteiger partial charge in [0.15, 0.2) is 0 Å². The van der Waals surface area contributed by atoms with Gasteiger partial charge in [-0.05, 0) is 25.8 Å². The number of rotatable bonds is 7. The Morgan fingerprint density at radius 2 is 2.00 bits per heavy atom. The first-order valence-corrected chi connectivity index (χ1v) is 7.08. The van der Waals surface area contributed by atoms with Gasteiger partial charge in [-0.2, -0.15) is 0 Å². The summed E-state index contributed by atoms with van der Waals surface area (Å²) in [6, 6.07) is 5.82. The summed E-state index contributed by atoms with van der Waals surface area (Å²) in [5, 5.41) is 6.16. The highest BCUT2D eigenvalue weighted by Crippen LogP contribution is 2.19. The number of nitrogens with one attached hydrogen (secondary N) is 2. The molecule has 20 heavy (non-hydrogen) atoms. The number of amides is 1. The summed E-state index contributed by atoms with van der Waals surface area (Å²) in [7, 11) is 1.66. The number of benzene rings is 1. The van der Waals surface area contributed by atoms with Gasteiger partial charge >= 0.3 is 0 Å². The van der Waals surface area contributed by atoms with Crippen LogP contribution in [0.4, 0.5) is 0 Å². The molecule has 1 unspecified atom stereocenters. The van der Waals surface area contributed by atoms with E-state index >= 15 is 0 Å². The average Bonchev–Trinajstić information content (AvgIpc) is 2.42. The van der Waals surface area contributed by atoms with E-state index in [0.717, 1.165) is 11.3 Å². The fraction of sp³-hybridized carbons (Fsp3) is 0.562. The Kier molecular flexibility index (Phi) is 6.52. The molecule has 0 aliphatic rings. The molecule has 1 atom stereocenters. The molecule has 0 aliphatic carbocycles. The number of methoxy groups -OCH3 is 1. The number of hydrogen-bond acceptors (Lipinski definition) is 3. The summed E-state index contributed by atoms with van der Waals surface area (Å²) in [5.41, 5.74) is 2.25. The van der Waals surface area contributed by atoms with Gasteiger partial charge in [0.25, 0.3) is 0 Å². The van der Waals surface area contributed by atoms with E-state index in [0.29, 0.717) is 19.0 Å². The van der Waals surface area contributed by atoms with Gasteiger partial charge in [-0.15, -0.1) is 0 Å². The minimum Gasteiger partial charge on any atom is -0.496 e. The number of hydrogen-bond donors (Lipinski definition) is 2. The van der Waals surface area contributed by atoms with Gasteiger partial charge in [-0.3, -0.25) is 4.79 Å². The first-order valence-electron chi connectivity index (χ1n) is 7.08. The Labute approximate surface area is 121 Å². The lowest BCUT2D eigenvalue weighted by atomic mass is 10.1. The van der Waals surface area contributed by atoms with Crippen molar-refractivity contribution in [3.8, 4) is 5.75 Å². The summed E-state index contributed by atoms with van der Waals surface area (Å²) in [6.45, 7) is 9.39. The van der Waals surface area contributed by atoms with E-state index in [2.05, 4.69) is 30.5 Å². The van der Waals surface area contributed by atoms with E-state index in [1.807, 2.05) is 26.0 Å². The largest absolute Gasteiger partial charge is 0.496 e. The quantitative estimate of drug-likeness (QED) is 0.804. The molecule has 1 amide bonds. The molecule has 112 valence electrons. The lowest BCUT2D eigenvalue weighted by Crippen LogP contribution is -2.43. The van der Waals surface area contributed by atoms with E-state index in [9.17, 15) is 4.79 Å². The highest BCUT2D eigenvalue weighted by Gasteiger charge is 2.13. The molecule has 0 aliphatic heterocycles. The van der Waals surface area contributed by atoms with Crippen LogP contribution in [0.3, 0.4) is 0 Å². The summed E-state index contributed by atoms with van der Waals surface area (Å²) in [6.07, 6.45) is 0. The number of carbonyl (C=O) groups excluding carboxylic acids is 1. The topological polar surface area (TPSA) is 50.4 Å². The van der Waals surface area contributed by atoms with Crippen LogP contribution in [0.2, 0.25) is 0 Å². The second-order valence-corrected chi connectivity index (χ2v) is 5.56. The minimum absolute atomic E-state index is 0.0327. The highest BCUT2D eigenvalue weighted by molar-refractivity contribution is 5.81. The fourth-order valence-electron chi connectivity index (χ4n) is 1.86. The Hall–Kier alpha value is -1.55. The lowest BCUT2D eigenvalue weighted by molar-refractivity contribution is -0.122. The van der Waals surface area contributed by atoms with Crippen molar-refractivity contribution < 1.29 is 9.53 Å². The zero-order valence-corrected chi connectivity index (χ0v) is 13.1. The average molecular weight is 278 g/mol. The maximum atomic E-state index is 11.9. The van der Waals surface area contributed by atoms with E-state index in [1.165, 1.54) is 5.56 Å². The number of aryl methyl sites for hydroxylation is 1. The van der Waals surface area contributed by atoms with E-state index in [4.69, 9.17) is 4.74 Å². The summed E-state index contributed by atoms with van der Waals surface area (Å²) in [5.74, 6) is 1.34. The van der Waals surface area contributed by atoms with Crippen molar-refractivity contribution in [1.82, 2.24) is 10.6 Å². The zero-order chi connectivity index (χ0) is 15.1. The first kappa shape index (κ1) is 16.5. The van der Waals surface area contributed by atoms with Crippen LogP contribution in [0.1, 0.15) is 31.9 Å². The number of ether oxygens (including phenoxy) is 1. The summed E-state index contributed by atoms with van der Waals surface area (Å²) < 4.78 is 5.33. The fourth-order valence-corrected chi connectivity index (χ4v) is 1.86. The molecule has 2 N–H and O–H groups in total. The molecular formula is C16H26N2O2. The van der Waals surface area contributed by atoms with Crippen LogP contribution < -0.4 is 15.4 Å². The van der Waals surface area contributed by atoms with Gasteiger partial charge in [0.2, 0.25) is 5.91 Å². The number of carbonyl (C=O) groups is 1. The second kappa shape index (κ2) is 7.90. The molecule has 0 saturated carbocycles. The molecule has 1 rings (SSSR count). The molecule has 1 aromatic rings.